The van der Waals surface area contributed by atoms with Crippen LogP contribution in [0.25, 0.3) is 0 Å². The first-order chi connectivity index (χ1) is 25.6. The van der Waals surface area contributed by atoms with E-state index in [1.165, 1.54) is 55.4 Å². The minimum atomic E-state index is -1.46. The number of carbonyl (C=O) groups is 8. The van der Waals surface area contributed by atoms with E-state index in [2.05, 4.69) is 37.2 Å². The highest BCUT2D eigenvalue weighted by Gasteiger charge is 2.45. The first-order valence-electron chi connectivity index (χ1n) is 19.7. The quantitative estimate of drug-likeness (QED) is 0.127. The number of alkyl carbamates (subject to hydrolysis) is 1. The summed E-state index contributed by atoms with van der Waals surface area (Å²) in [5.41, 5.74) is -6.46. The number of carboxylic acids is 1. The fourth-order valence-corrected chi connectivity index (χ4v) is 7.39. The van der Waals surface area contributed by atoms with Crippen LogP contribution in [0.5, 0.6) is 0 Å². The summed E-state index contributed by atoms with van der Waals surface area (Å²) >= 11 is 0. The van der Waals surface area contributed by atoms with Crippen molar-refractivity contribution in [1.29, 1.82) is 0 Å². The number of aliphatic carboxylic acids is 1. The molecule has 316 valence electrons. The SMILES string of the molecule is CC(C)(C)OC(=O)N[C@H]1CCC[C@@H]1C(=O)NC(C)(C)C(=O)NC(C)(C)C(=O)N[C@H]1CCC[C@@H]1C(=O)NC(C)(C)C(=O)NC(C)(C)C(=O)N[C@H]1CCC[C@@H]1C(=O)O. The molecule has 3 saturated carbocycles. The van der Waals surface area contributed by atoms with Crippen molar-refractivity contribution in [2.24, 2.45) is 17.8 Å². The highest BCUT2D eigenvalue weighted by atomic mass is 16.6. The third kappa shape index (κ3) is 12.0. The summed E-state index contributed by atoms with van der Waals surface area (Å²) in [6, 6.07) is -1.61. The average Bonchev–Trinajstić information content (AvgIpc) is 3.81. The lowest BCUT2D eigenvalue weighted by molar-refractivity contribution is -0.143. The van der Waals surface area contributed by atoms with Crippen molar-refractivity contribution in [3.8, 4) is 0 Å². The van der Waals surface area contributed by atoms with Crippen LogP contribution in [-0.2, 0) is 38.3 Å². The largest absolute Gasteiger partial charge is 0.481 e. The summed E-state index contributed by atoms with van der Waals surface area (Å²) in [4.78, 5) is 104. The normalized spacial score (nSPS) is 24.3. The zero-order valence-electron chi connectivity index (χ0n) is 34.9. The Morgan fingerprint density at radius 2 is 0.768 bits per heavy atom. The van der Waals surface area contributed by atoms with Crippen LogP contribution in [0.1, 0.15) is 134 Å². The molecule has 0 radical (unpaired) electrons. The van der Waals surface area contributed by atoms with E-state index in [1.807, 2.05) is 0 Å². The van der Waals surface area contributed by atoms with Crippen LogP contribution in [-0.4, -0.2) is 98.5 Å². The van der Waals surface area contributed by atoms with E-state index in [0.29, 0.717) is 57.8 Å². The molecule has 3 fully saturated rings. The topological polar surface area (TPSA) is 250 Å². The van der Waals surface area contributed by atoms with Gasteiger partial charge in [-0.15, -0.1) is 0 Å². The first kappa shape index (κ1) is 45.9. The third-order valence-corrected chi connectivity index (χ3v) is 10.9. The standard InChI is InChI=1S/C39H65N7O10/c1-35(2,3)56-34(55)42-25-19-13-16-22(25)28(48)44-39(10,11)33(54)45-36(4,5)30(51)40-24-18-12-15-21(24)27(47)43-38(8,9)32(53)46-37(6,7)31(52)41-26-20-14-17-23(26)29(49)50/h21-26H,12-20H2,1-11H3,(H,40,51)(H,41,52)(H,42,55)(H,43,47)(H,44,48)(H,45,54)(H,46,53)(H,49,50)/t21-,22-,23-,24-,25-,26-/m0/s1. The van der Waals surface area contributed by atoms with Gasteiger partial charge in [-0.25, -0.2) is 4.79 Å². The van der Waals surface area contributed by atoms with Crippen molar-refractivity contribution in [3.63, 3.8) is 0 Å². The van der Waals surface area contributed by atoms with Gasteiger partial charge in [0.2, 0.25) is 35.4 Å². The van der Waals surface area contributed by atoms with E-state index >= 15 is 0 Å². The molecule has 0 bridgehead atoms. The molecule has 0 heterocycles. The van der Waals surface area contributed by atoms with Crippen molar-refractivity contribution in [1.82, 2.24) is 37.2 Å². The number of amides is 7. The highest BCUT2D eigenvalue weighted by Crippen LogP contribution is 2.29. The number of hydrogen-bond donors (Lipinski definition) is 8. The van der Waals surface area contributed by atoms with Crippen molar-refractivity contribution in [2.45, 2.75) is 180 Å². The van der Waals surface area contributed by atoms with Gasteiger partial charge in [-0.3, -0.25) is 33.6 Å². The van der Waals surface area contributed by atoms with Gasteiger partial charge >= 0.3 is 12.1 Å². The fraction of sp³-hybridized carbons (Fsp3) is 0.795. The molecule has 17 heteroatoms. The second-order valence-electron chi connectivity index (χ2n) is 18.7. The molecule has 0 spiro atoms. The van der Waals surface area contributed by atoms with Gasteiger partial charge in [-0.05, 0) is 115 Å². The summed E-state index contributed by atoms with van der Waals surface area (Å²) in [6.07, 6.45) is 4.36. The Balaban J connectivity index is 1.56. The van der Waals surface area contributed by atoms with Gasteiger partial charge < -0.3 is 47.1 Å². The maximum atomic E-state index is 13.6. The molecule has 0 saturated heterocycles. The minimum Gasteiger partial charge on any atom is -0.481 e. The summed E-state index contributed by atoms with van der Waals surface area (Å²) < 4.78 is 5.34. The van der Waals surface area contributed by atoms with Gasteiger partial charge in [0.05, 0.1) is 17.8 Å². The molecule has 0 aromatic rings. The van der Waals surface area contributed by atoms with Crippen molar-refractivity contribution in [2.75, 3.05) is 0 Å². The maximum absolute atomic E-state index is 13.6. The molecule has 7 amide bonds. The number of hydrogen-bond acceptors (Lipinski definition) is 9. The van der Waals surface area contributed by atoms with Gasteiger partial charge in [-0.1, -0.05) is 19.3 Å². The second-order valence-corrected chi connectivity index (χ2v) is 18.7. The molecule has 56 heavy (non-hydrogen) atoms. The van der Waals surface area contributed by atoms with E-state index in [4.69, 9.17) is 4.74 Å². The number of carbonyl (C=O) groups excluding carboxylic acids is 7. The van der Waals surface area contributed by atoms with Gasteiger partial charge in [0.1, 0.15) is 27.8 Å². The van der Waals surface area contributed by atoms with Crippen molar-refractivity contribution < 1.29 is 48.2 Å². The first-order valence-corrected chi connectivity index (χ1v) is 19.7. The predicted molar refractivity (Wildman–Crippen MR) is 206 cm³/mol. The molecule has 0 unspecified atom stereocenters. The molecule has 8 N–H and O–H groups in total. The smallest absolute Gasteiger partial charge is 0.407 e. The molecule has 0 aromatic heterocycles. The van der Waals surface area contributed by atoms with Gasteiger partial charge in [0.15, 0.2) is 0 Å². The van der Waals surface area contributed by atoms with E-state index in [-0.39, 0.29) is 0 Å². The molecular formula is C39H65N7O10. The van der Waals surface area contributed by atoms with Crippen LogP contribution in [0.15, 0.2) is 0 Å². The number of rotatable bonds is 14. The van der Waals surface area contributed by atoms with E-state index in [0.717, 1.165) is 0 Å². The Labute approximate surface area is 330 Å². The molecule has 3 aliphatic rings. The molecule has 17 nitrogen and oxygen atoms in total. The van der Waals surface area contributed by atoms with Crippen molar-refractivity contribution >= 4 is 47.5 Å². The molecule has 3 aliphatic carbocycles. The van der Waals surface area contributed by atoms with E-state index in [9.17, 15) is 43.5 Å². The zero-order valence-corrected chi connectivity index (χ0v) is 34.9. The Kier molecular flexibility index (Phi) is 14.2. The molecule has 0 aliphatic heterocycles. The number of nitrogens with one attached hydrogen (secondary N) is 7. The second kappa shape index (κ2) is 17.4. The van der Waals surface area contributed by atoms with Crippen LogP contribution >= 0.6 is 0 Å². The Morgan fingerprint density at radius 1 is 0.446 bits per heavy atom. The zero-order chi connectivity index (χ0) is 42.6. The number of carboxylic acid groups (broad SMARTS) is 1. The third-order valence-electron chi connectivity index (χ3n) is 10.9. The van der Waals surface area contributed by atoms with Crippen LogP contribution in [0.2, 0.25) is 0 Å². The maximum Gasteiger partial charge on any atom is 0.407 e. The predicted octanol–water partition coefficient (Wildman–Crippen LogP) is 1.91. The monoisotopic (exact) mass is 791 g/mol. The fourth-order valence-electron chi connectivity index (χ4n) is 7.39. The molecular weight excluding hydrogens is 726 g/mol. The van der Waals surface area contributed by atoms with E-state index in [1.54, 1.807) is 20.8 Å². The summed E-state index contributed by atoms with van der Waals surface area (Å²) in [5, 5.41) is 28.8. The Hall–Kier alpha value is -4.44. The van der Waals surface area contributed by atoms with Gasteiger partial charge in [-0.2, -0.15) is 0 Å². The molecule has 3 rings (SSSR count). The summed E-state index contributed by atoms with van der Waals surface area (Å²) in [6.45, 7) is 17.3. The van der Waals surface area contributed by atoms with Gasteiger partial charge in [0.25, 0.3) is 0 Å². The van der Waals surface area contributed by atoms with Crippen LogP contribution in [0.3, 0.4) is 0 Å². The van der Waals surface area contributed by atoms with Crippen LogP contribution < -0.4 is 37.2 Å². The lowest BCUT2D eigenvalue weighted by atomic mass is 9.94. The van der Waals surface area contributed by atoms with Crippen LogP contribution in [0.4, 0.5) is 4.79 Å². The number of ether oxygens (including phenoxy) is 1. The molecule has 6 atom stereocenters. The average molecular weight is 792 g/mol. The minimum absolute atomic E-state index is 0.410. The lowest BCUT2D eigenvalue weighted by Crippen LogP contribution is -2.65. The summed E-state index contributed by atoms with van der Waals surface area (Å²) in [5.74, 6) is -6.16. The Bertz CT molecular complexity index is 1550. The van der Waals surface area contributed by atoms with Gasteiger partial charge in [0, 0.05) is 18.1 Å². The van der Waals surface area contributed by atoms with E-state index < -0.39 is 111 Å². The highest BCUT2D eigenvalue weighted by molar-refractivity contribution is 5.98. The summed E-state index contributed by atoms with van der Waals surface area (Å²) in [7, 11) is 0. The van der Waals surface area contributed by atoms with Crippen molar-refractivity contribution in [3.05, 3.63) is 0 Å². The lowest BCUT2D eigenvalue weighted by Gasteiger charge is -2.35. The molecule has 0 aromatic carbocycles. The van der Waals surface area contributed by atoms with Crippen LogP contribution in [0, 0.1) is 17.8 Å². The Morgan fingerprint density at radius 3 is 1.12 bits per heavy atom.